The number of benzene rings is 2. The molecule has 0 aliphatic heterocycles. The van der Waals surface area contributed by atoms with Gasteiger partial charge in [0.15, 0.2) is 16.9 Å². The average Bonchev–Trinajstić information content (AvgIpc) is 2.47. The second-order valence-corrected chi connectivity index (χ2v) is 5.86. The van der Waals surface area contributed by atoms with Crippen molar-refractivity contribution in [2.24, 2.45) is 0 Å². The van der Waals surface area contributed by atoms with Crippen molar-refractivity contribution in [3.63, 3.8) is 0 Å². The molecule has 1 heterocycles. The van der Waals surface area contributed by atoms with E-state index in [2.05, 4.69) is 0 Å². The van der Waals surface area contributed by atoms with Crippen LogP contribution >= 0.6 is 0 Å². The molecule has 3 aromatic rings. The molecule has 0 fully saturated rings. The van der Waals surface area contributed by atoms with Crippen LogP contribution in [-0.4, -0.2) is 37.9 Å². The van der Waals surface area contributed by atoms with Gasteiger partial charge in [0.25, 0.3) is 0 Å². The number of fused-ring (bicyclic) bond motifs is 1. The predicted octanol–water partition coefficient (Wildman–Crippen LogP) is -1.25. The number of hydrogen-bond acceptors (Lipinski definition) is 8. The van der Waals surface area contributed by atoms with Crippen LogP contribution in [0.1, 0.15) is 1.43 Å². The fourth-order valence-electron chi connectivity index (χ4n) is 2.07. The monoisotopic (exact) mass is 424 g/mol. The van der Waals surface area contributed by atoms with Crippen LogP contribution in [0, 0.1) is 0 Å². The molecule has 0 aliphatic carbocycles. The summed E-state index contributed by atoms with van der Waals surface area (Å²) in [5.41, 5.74) is -0.106. The Balaban J connectivity index is 0.000000934. The van der Waals surface area contributed by atoms with E-state index < -0.39 is 15.8 Å². The second kappa shape index (κ2) is 9.03. The first kappa shape index (κ1) is 23.4. The molecule has 0 aliphatic rings. The molecule has 27 heavy (non-hydrogen) atoms. The largest absolute Gasteiger partial charge is 1.00 e. The Kier molecular flexibility index (Phi) is 7.83. The summed E-state index contributed by atoms with van der Waals surface area (Å²) >= 11 is 0. The minimum absolute atomic E-state index is 0. The standard InChI is InChI=1S/C15H10O6.K.H2O4S.H/c16-8-4-11(19)15-12(20)6-13(21-14(15)5-8)7-1-2-9(17)10(18)3-7;;1-5(2,3)4;/h1-6,16-19H;;(H2,1,2,3,4);/q;+1;;-1. The van der Waals surface area contributed by atoms with Crippen molar-refractivity contribution in [3.05, 3.63) is 46.6 Å². The minimum atomic E-state index is -4.67. The van der Waals surface area contributed by atoms with Crippen molar-refractivity contribution in [3.8, 4) is 34.3 Å². The maximum atomic E-state index is 12.0. The summed E-state index contributed by atoms with van der Waals surface area (Å²) in [6.45, 7) is 0. The molecule has 0 radical (unpaired) electrons. The molecule has 0 saturated carbocycles. The summed E-state index contributed by atoms with van der Waals surface area (Å²) in [6.07, 6.45) is 0. The molecule has 0 amide bonds. The van der Waals surface area contributed by atoms with Crippen LogP contribution in [0.25, 0.3) is 22.3 Å². The van der Waals surface area contributed by atoms with Gasteiger partial charge in [-0.2, -0.15) is 8.42 Å². The molecule has 1 aromatic heterocycles. The van der Waals surface area contributed by atoms with Gasteiger partial charge in [0.1, 0.15) is 28.2 Å². The molecule has 0 atom stereocenters. The first-order valence-corrected chi connectivity index (χ1v) is 8.07. The third-order valence-electron chi connectivity index (χ3n) is 3.05. The first-order valence-electron chi connectivity index (χ1n) is 6.68. The third kappa shape index (κ3) is 6.48. The predicted molar refractivity (Wildman–Crippen MR) is 89.9 cm³/mol. The zero-order valence-electron chi connectivity index (χ0n) is 14.7. The van der Waals surface area contributed by atoms with E-state index in [1.54, 1.807) is 0 Å². The van der Waals surface area contributed by atoms with E-state index in [-0.39, 0.29) is 92.5 Å². The Labute approximate surface area is 195 Å². The van der Waals surface area contributed by atoms with Crippen molar-refractivity contribution >= 4 is 21.4 Å². The van der Waals surface area contributed by atoms with Crippen LogP contribution in [0.15, 0.2) is 45.6 Å². The molecule has 6 N–H and O–H groups in total. The normalized spacial score (nSPS) is 10.6. The van der Waals surface area contributed by atoms with E-state index in [0.717, 1.165) is 12.1 Å². The number of phenolic OH excluding ortho intramolecular Hbond substituents is 4. The van der Waals surface area contributed by atoms with Gasteiger partial charge in [0.05, 0.1) is 0 Å². The smallest absolute Gasteiger partial charge is 1.00 e. The van der Waals surface area contributed by atoms with Gasteiger partial charge < -0.3 is 26.3 Å². The van der Waals surface area contributed by atoms with Gasteiger partial charge in [-0.15, -0.1) is 0 Å². The quantitative estimate of drug-likeness (QED) is 0.156. The Morgan fingerprint density at radius 1 is 0.852 bits per heavy atom. The van der Waals surface area contributed by atoms with Crippen molar-refractivity contribution in [1.29, 1.82) is 0 Å². The van der Waals surface area contributed by atoms with Crippen molar-refractivity contribution < 1.29 is 95.2 Å². The Bertz CT molecular complexity index is 1140. The molecule has 3 rings (SSSR count). The fourth-order valence-corrected chi connectivity index (χ4v) is 2.07. The summed E-state index contributed by atoms with van der Waals surface area (Å²) in [5, 5.41) is 37.9. The van der Waals surface area contributed by atoms with Crippen LogP contribution < -0.4 is 56.8 Å². The fraction of sp³-hybridized carbons (Fsp3) is 0. The average molecular weight is 424 g/mol. The molecular formula is C15H13KO10S. The molecule has 0 spiro atoms. The summed E-state index contributed by atoms with van der Waals surface area (Å²) in [6, 6.07) is 7.37. The summed E-state index contributed by atoms with van der Waals surface area (Å²) in [7, 11) is -4.67. The van der Waals surface area contributed by atoms with Gasteiger partial charge in [0, 0.05) is 23.8 Å². The molecule has 0 bridgehead atoms. The molecule has 2 aromatic carbocycles. The zero-order chi connectivity index (χ0) is 19.6. The maximum Gasteiger partial charge on any atom is 1.00 e. The van der Waals surface area contributed by atoms with Crippen LogP contribution in [0.2, 0.25) is 0 Å². The van der Waals surface area contributed by atoms with Gasteiger partial charge in [-0.1, -0.05) is 0 Å². The van der Waals surface area contributed by atoms with E-state index >= 15 is 0 Å². The number of aromatic hydroxyl groups is 4. The van der Waals surface area contributed by atoms with E-state index in [0.29, 0.717) is 5.56 Å². The Morgan fingerprint density at radius 2 is 1.44 bits per heavy atom. The summed E-state index contributed by atoms with van der Waals surface area (Å²) in [4.78, 5) is 12.0. The topological polar surface area (TPSA) is 186 Å². The van der Waals surface area contributed by atoms with E-state index in [1.165, 1.54) is 24.3 Å². The van der Waals surface area contributed by atoms with E-state index in [4.69, 9.17) is 21.9 Å². The molecule has 0 unspecified atom stereocenters. The summed E-state index contributed by atoms with van der Waals surface area (Å²) in [5.74, 6) is -1.13. The van der Waals surface area contributed by atoms with Crippen LogP contribution in [-0.2, 0) is 10.4 Å². The van der Waals surface area contributed by atoms with E-state index in [9.17, 15) is 25.2 Å². The second-order valence-electron chi connectivity index (χ2n) is 4.96. The van der Waals surface area contributed by atoms with Crippen LogP contribution in [0.3, 0.4) is 0 Å². The summed E-state index contributed by atoms with van der Waals surface area (Å²) < 4.78 is 37.1. The van der Waals surface area contributed by atoms with E-state index in [1.807, 2.05) is 0 Å². The van der Waals surface area contributed by atoms with Crippen molar-refractivity contribution in [2.45, 2.75) is 0 Å². The van der Waals surface area contributed by atoms with Gasteiger partial charge in [-0.25, -0.2) is 0 Å². The number of hydrogen-bond donors (Lipinski definition) is 6. The van der Waals surface area contributed by atoms with Gasteiger partial charge in [-0.3, -0.25) is 13.9 Å². The molecular weight excluding hydrogens is 411 g/mol. The van der Waals surface area contributed by atoms with Crippen molar-refractivity contribution in [1.82, 2.24) is 0 Å². The number of rotatable bonds is 1. The van der Waals surface area contributed by atoms with Gasteiger partial charge in [0.2, 0.25) is 0 Å². The Morgan fingerprint density at radius 3 is 2.00 bits per heavy atom. The van der Waals surface area contributed by atoms with Gasteiger partial charge in [-0.05, 0) is 18.2 Å². The zero-order valence-corrected chi connectivity index (χ0v) is 17.6. The Hall–Kier alpha value is -1.64. The molecule has 0 saturated heterocycles. The first-order chi connectivity index (χ1) is 12.0. The minimum Gasteiger partial charge on any atom is -1.00 e. The SMILES string of the molecule is O=S(=O)(O)O.O=c1cc(-c2ccc(O)c(O)c2)oc2cc(O)cc(O)c12.[H-].[K+]. The third-order valence-corrected chi connectivity index (χ3v) is 3.05. The molecule has 140 valence electrons. The number of phenols is 4. The molecule has 10 nitrogen and oxygen atoms in total. The maximum absolute atomic E-state index is 12.0. The van der Waals surface area contributed by atoms with Crippen molar-refractivity contribution in [2.75, 3.05) is 0 Å². The van der Waals surface area contributed by atoms with Crippen LogP contribution in [0.5, 0.6) is 23.0 Å². The van der Waals surface area contributed by atoms with Crippen LogP contribution in [0.4, 0.5) is 0 Å². The van der Waals surface area contributed by atoms with Gasteiger partial charge >= 0.3 is 61.8 Å². The molecule has 12 heteroatoms.